The number of hydrogen-bond acceptors (Lipinski definition) is 3. The highest BCUT2D eigenvalue weighted by atomic mass is 35.5. The van der Waals surface area contributed by atoms with Crippen LogP contribution in [0, 0.1) is 5.95 Å². The van der Waals surface area contributed by atoms with E-state index < -0.39 is 5.95 Å². The van der Waals surface area contributed by atoms with Crippen LogP contribution >= 0.6 is 23.2 Å². The van der Waals surface area contributed by atoms with Crippen molar-refractivity contribution >= 4 is 23.2 Å². The number of benzene rings is 1. The maximum Gasteiger partial charge on any atom is 0.222 e. The summed E-state index contributed by atoms with van der Waals surface area (Å²) in [5.74, 6) is -0.109. The third-order valence-corrected chi connectivity index (χ3v) is 3.26. The Hall–Kier alpha value is -2.11. The van der Waals surface area contributed by atoms with Gasteiger partial charge in [-0.3, -0.25) is 5.10 Å². The van der Waals surface area contributed by atoms with Gasteiger partial charge in [0.1, 0.15) is 5.69 Å². The summed E-state index contributed by atoms with van der Waals surface area (Å²) in [7, 11) is 0. The minimum Gasteiger partial charge on any atom is -0.435 e. The van der Waals surface area contributed by atoms with Crippen LogP contribution in [0.1, 0.15) is 0 Å². The molecule has 0 atom stereocenters. The van der Waals surface area contributed by atoms with Crippen molar-refractivity contribution in [3.63, 3.8) is 0 Å². The zero-order valence-electron chi connectivity index (χ0n) is 10.5. The molecule has 2 aromatic heterocycles. The first-order valence-electron chi connectivity index (χ1n) is 5.92. The molecule has 0 radical (unpaired) electrons. The zero-order chi connectivity index (χ0) is 14.8. The molecule has 1 aromatic carbocycles. The van der Waals surface area contributed by atoms with Crippen molar-refractivity contribution < 1.29 is 9.13 Å². The van der Waals surface area contributed by atoms with Crippen molar-refractivity contribution in [2.45, 2.75) is 0 Å². The van der Waals surface area contributed by atoms with Gasteiger partial charge in [0.15, 0.2) is 5.75 Å². The van der Waals surface area contributed by atoms with Crippen LogP contribution in [0.5, 0.6) is 11.6 Å². The molecule has 0 saturated carbocycles. The number of ether oxygens (including phenoxy) is 1. The van der Waals surface area contributed by atoms with Crippen LogP contribution in [-0.2, 0) is 0 Å². The van der Waals surface area contributed by atoms with E-state index >= 15 is 0 Å². The molecule has 21 heavy (non-hydrogen) atoms. The van der Waals surface area contributed by atoms with Gasteiger partial charge < -0.3 is 4.74 Å². The molecule has 0 fully saturated rings. The second-order valence-electron chi connectivity index (χ2n) is 4.13. The van der Waals surface area contributed by atoms with Gasteiger partial charge in [0.05, 0.1) is 11.2 Å². The lowest BCUT2D eigenvalue weighted by atomic mass is 10.1. The molecule has 3 rings (SSSR count). The Kier molecular flexibility index (Phi) is 3.77. The number of hydrogen-bond donors (Lipinski definition) is 1. The average Bonchev–Trinajstić information content (AvgIpc) is 2.87. The molecule has 0 spiro atoms. The van der Waals surface area contributed by atoms with Gasteiger partial charge in [0.2, 0.25) is 11.8 Å². The molecule has 0 amide bonds. The molecule has 0 aliphatic rings. The minimum atomic E-state index is -0.623. The molecule has 106 valence electrons. The molecule has 2 heterocycles. The molecule has 7 heteroatoms. The van der Waals surface area contributed by atoms with Gasteiger partial charge in [0.25, 0.3) is 0 Å². The average molecular weight is 324 g/mol. The maximum absolute atomic E-state index is 13.1. The largest absolute Gasteiger partial charge is 0.435 e. The van der Waals surface area contributed by atoms with Gasteiger partial charge >= 0.3 is 0 Å². The van der Waals surface area contributed by atoms with E-state index in [9.17, 15) is 4.39 Å². The fraction of sp³-hybridized carbons (Fsp3) is 0. The van der Waals surface area contributed by atoms with E-state index in [0.717, 1.165) is 0 Å². The first kappa shape index (κ1) is 13.9. The molecule has 1 N–H and O–H groups in total. The molecule has 0 aliphatic heterocycles. The van der Waals surface area contributed by atoms with Crippen LogP contribution in [-0.4, -0.2) is 15.2 Å². The van der Waals surface area contributed by atoms with E-state index in [2.05, 4.69) is 15.2 Å². The number of nitrogens with one attached hydrogen (secondary N) is 1. The van der Waals surface area contributed by atoms with Crippen molar-refractivity contribution in [1.82, 2.24) is 15.2 Å². The molecule has 0 saturated heterocycles. The Labute approximate surface area is 129 Å². The van der Waals surface area contributed by atoms with Crippen molar-refractivity contribution in [3.05, 3.63) is 58.6 Å². The van der Waals surface area contributed by atoms with E-state index in [1.807, 2.05) is 0 Å². The quantitative estimate of drug-likeness (QED) is 0.710. The van der Waals surface area contributed by atoms with Crippen molar-refractivity contribution in [2.24, 2.45) is 0 Å². The minimum absolute atomic E-state index is 0.128. The molecule has 0 bridgehead atoms. The topological polar surface area (TPSA) is 50.8 Å². The molecule has 4 nitrogen and oxygen atoms in total. The lowest BCUT2D eigenvalue weighted by molar-refractivity contribution is 0.447. The monoisotopic (exact) mass is 323 g/mol. The lowest BCUT2D eigenvalue weighted by Gasteiger charge is -2.07. The van der Waals surface area contributed by atoms with Crippen molar-refractivity contribution in [3.8, 4) is 22.9 Å². The predicted molar refractivity (Wildman–Crippen MR) is 78.3 cm³/mol. The van der Waals surface area contributed by atoms with Crippen molar-refractivity contribution in [1.29, 1.82) is 0 Å². The first-order valence-corrected chi connectivity index (χ1v) is 6.68. The van der Waals surface area contributed by atoms with E-state index in [-0.39, 0.29) is 5.88 Å². The van der Waals surface area contributed by atoms with E-state index in [1.165, 1.54) is 18.3 Å². The van der Waals surface area contributed by atoms with Crippen molar-refractivity contribution in [2.75, 3.05) is 0 Å². The summed E-state index contributed by atoms with van der Waals surface area (Å²) in [6, 6.07) is 9.34. The number of aromatic amines is 1. The number of aromatic nitrogens is 3. The Morgan fingerprint density at radius 3 is 2.76 bits per heavy atom. The second-order valence-corrected chi connectivity index (χ2v) is 4.98. The number of halogens is 3. The Morgan fingerprint density at radius 2 is 2.00 bits per heavy atom. The highest BCUT2D eigenvalue weighted by molar-refractivity contribution is 6.36. The van der Waals surface area contributed by atoms with Gasteiger partial charge in [-0.25, -0.2) is 0 Å². The molecular formula is C14H8Cl2FN3O. The summed E-state index contributed by atoms with van der Waals surface area (Å²) in [5.41, 5.74) is 1.23. The smallest absolute Gasteiger partial charge is 0.222 e. The number of H-pyrrole nitrogens is 1. The third-order valence-electron chi connectivity index (χ3n) is 2.71. The summed E-state index contributed by atoms with van der Waals surface area (Å²) in [5, 5.41) is 7.68. The fourth-order valence-electron chi connectivity index (χ4n) is 1.80. The van der Waals surface area contributed by atoms with Crippen LogP contribution in [0.4, 0.5) is 4.39 Å². The highest BCUT2D eigenvalue weighted by Gasteiger charge is 2.14. The standard InChI is InChI=1S/C14H8Cl2FN3O/c15-8-4-5-9(10(16)6-8)14-11(7-18-20-14)21-13-3-1-2-12(17)19-13/h1-7H,(H,18,20). The van der Waals surface area contributed by atoms with Crippen LogP contribution < -0.4 is 4.74 Å². The highest BCUT2D eigenvalue weighted by Crippen LogP contribution is 2.36. The number of rotatable bonds is 3. The lowest BCUT2D eigenvalue weighted by Crippen LogP contribution is -1.91. The summed E-state index contributed by atoms with van der Waals surface area (Å²) in [6.45, 7) is 0. The molecule has 3 aromatic rings. The summed E-state index contributed by atoms with van der Waals surface area (Å²) < 4.78 is 18.6. The van der Waals surface area contributed by atoms with Crippen LogP contribution in [0.15, 0.2) is 42.6 Å². The summed E-state index contributed by atoms with van der Waals surface area (Å²) in [4.78, 5) is 3.63. The van der Waals surface area contributed by atoms with Gasteiger partial charge in [-0.2, -0.15) is 14.5 Å². The van der Waals surface area contributed by atoms with Gasteiger partial charge in [0, 0.05) is 16.7 Å². The predicted octanol–water partition coefficient (Wildman–Crippen LogP) is 4.71. The van der Waals surface area contributed by atoms with E-state index in [0.29, 0.717) is 27.1 Å². The Morgan fingerprint density at radius 1 is 1.14 bits per heavy atom. The van der Waals surface area contributed by atoms with Crippen LogP contribution in [0.2, 0.25) is 10.0 Å². The van der Waals surface area contributed by atoms with Gasteiger partial charge in [-0.15, -0.1) is 0 Å². The number of pyridine rings is 1. The van der Waals surface area contributed by atoms with Crippen LogP contribution in [0.3, 0.4) is 0 Å². The van der Waals surface area contributed by atoms with E-state index in [1.54, 1.807) is 24.3 Å². The normalized spacial score (nSPS) is 10.6. The zero-order valence-corrected chi connectivity index (χ0v) is 12.0. The third kappa shape index (κ3) is 2.99. The fourth-order valence-corrected chi connectivity index (χ4v) is 2.30. The van der Waals surface area contributed by atoms with Crippen LogP contribution in [0.25, 0.3) is 11.3 Å². The van der Waals surface area contributed by atoms with Gasteiger partial charge in [-0.1, -0.05) is 29.3 Å². The van der Waals surface area contributed by atoms with E-state index in [4.69, 9.17) is 27.9 Å². The Balaban J connectivity index is 1.97. The molecule has 0 unspecified atom stereocenters. The first-order chi connectivity index (χ1) is 10.1. The number of nitrogens with zero attached hydrogens (tertiary/aromatic N) is 2. The summed E-state index contributed by atoms with van der Waals surface area (Å²) in [6.07, 6.45) is 1.47. The maximum atomic E-state index is 13.1. The molecule has 0 aliphatic carbocycles. The molecular weight excluding hydrogens is 316 g/mol. The van der Waals surface area contributed by atoms with Gasteiger partial charge in [-0.05, 0) is 24.3 Å². The second kappa shape index (κ2) is 5.71. The SMILES string of the molecule is Fc1cccc(Oc2cn[nH]c2-c2ccc(Cl)cc2Cl)n1. The Bertz CT molecular complexity index is 791. The summed E-state index contributed by atoms with van der Waals surface area (Å²) >= 11 is 12.0.